The van der Waals surface area contributed by atoms with E-state index in [0.717, 1.165) is 58.5 Å². The molecule has 0 heterocycles. The molecule has 0 radical (unpaired) electrons. The van der Waals surface area contributed by atoms with E-state index in [2.05, 4.69) is 50.3 Å². The fourth-order valence-electron chi connectivity index (χ4n) is 11.6. The van der Waals surface area contributed by atoms with Gasteiger partial charge in [-0.2, -0.15) is 10.5 Å². The molecule has 4 saturated carbocycles. The average Bonchev–Trinajstić information content (AvgIpc) is 3.25. The van der Waals surface area contributed by atoms with Crippen molar-refractivity contribution in [3.63, 3.8) is 0 Å². The molecule has 0 unspecified atom stereocenters. The molecule has 2 heteroatoms. The van der Waals surface area contributed by atoms with Gasteiger partial charge in [-0.05, 0) is 160 Å². The molecule has 0 N–H and O–H groups in total. The smallest absolute Gasteiger partial charge is 0.0991 e. The standard InChI is InChI=1S/C27H41N.C26H39N/c1-2-3-4-5-6-22-13-17-26(18-14-22)27-19-15-24(16-20-27)8-7-23-9-11-25(21-28)12-10-23;1-2-3-4-5-21-12-16-25(17-13-21)26-18-14-23(15-19-26)7-6-22-8-10-24(20-27)11-9-22/h9-12,22,24,26-27H,2-8,13-20H2,1H3;8-11,21,23,25-26H,2-7,12-19H2,1H3/t22-,24-,26-,27-;21-,23-,25-,26-. The van der Waals surface area contributed by atoms with Crippen LogP contribution in [0.4, 0.5) is 0 Å². The van der Waals surface area contributed by atoms with E-state index in [-0.39, 0.29) is 0 Å². The van der Waals surface area contributed by atoms with Crippen molar-refractivity contribution in [2.24, 2.45) is 47.3 Å². The molecule has 55 heavy (non-hydrogen) atoms. The lowest BCUT2D eigenvalue weighted by molar-refractivity contribution is 0.140. The molecule has 302 valence electrons. The molecule has 4 aliphatic rings. The molecule has 4 fully saturated rings. The minimum Gasteiger partial charge on any atom is -0.192 e. The lowest BCUT2D eigenvalue weighted by Gasteiger charge is -2.38. The zero-order valence-electron chi connectivity index (χ0n) is 35.6. The maximum absolute atomic E-state index is 8.92. The fraction of sp³-hybridized carbons (Fsp3) is 0.736. The molecule has 0 aliphatic heterocycles. The Morgan fingerprint density at radius 2 is 0.673 bits per heavy atom. The van der Waals surface area contributed by atoms with Gasteiger partial charge in [-0.25, -0.2) is 0 Å². The quantitative estimate of drug-likeness (QED) is 0.151. The Hall–Kier alpha value is -2.58. The maximum atomic E-state index is 8.92. The fourth-order valence-corrected chi connectivity index (χ4v) is 11.6. The van der Waals surface area contributed by atoms with Crippen molar-refractivity contribution in [3.05, 3.63) is 70.8 Å². The largest absolute Gasteiger partial charge is 0.192 e. The molecule has 2 aromatic rings. The third-order valence-corrected chi connectivity index (χ3v) is 15.4. The van der Waals surface area contributed by atoms with Crippen LogP contribution in [-0.4, -0.2) is 0 Å². The van der Waals surface area contributed by atoms with Crippen molar-refractivity contribution < 1.29 is 0 Å². The van der Waals surface area contributed by atoms with Crippen molar-refractivity contribution in [2.45, 2.75) is 200 Å². The van der Waals surface area contributed by atoms with Gasteiger partial charge >= 0.3 is 0 Å². The summed E-state index contributed by atoms with van der Waals surface area (Å²) in [7, 11) is 0. The topological polar surface area (TPSA) is 47.6 Å². The second-order valence-electron chi connectivity index (χ2n) is 19.2. The number of nitrogens with zero attached hydrogens (tertiary/aromatic N) is 2. The molecule has 0 saturated heterocycles. The third-order valence-electron chi connectivity index (χ3n) is 15.4. The van der Waals surface area contributed by atoms with E-state index in [4.69, 9.17) is 10.5 Å². The molecule has 0 atom stereocenters. The molecule has 0 bridgehead atoms. The first-order valence-electron chi connectivity index (χ1n) is 24.0. The van der Waals surface area contributed by atoms with Crippen molar-refractivity contribution in [1.82, 2.24) is 0 Å². The van der Waals surface area contributed by atoms with E-state index in [1.807, 2.05) is 24.3 Å². The van der Waals surface area contributed by atoms with Crippen LogP contribution < -0.4 is 0 Å². The Kier molecular flexibility index (Phi) is 19.7. The van der Waals surface area contributed by atoms with Crippen LogP contribution in [0, 0.1) is 70.0 Å². The van der Waals surface area contributed by atoms with Crippen molar-refractivity contribution >= 4 is 0 Å². The number of hydrogen-bond acceptors (Lipinski definition) is 2. The van der Waals surface area contributed by atoms with Gasteiger partial charge in [-0.1, -0.05) is 147 Å². The summed E-state index contributed by atoms with van der Waals surface area (Å²) in [4.78, 5) is 0. The second-order valence-corrected chi connectivity index (χ2v) is 19.2. The number of nitriles is 2. The molecule has 2 nitrogen and oxygen atoms in total. The van der Waals surface area contributed by atoms with Crippen molar-refractivity contribution in [2.75, 3.05) is 0 Å². The van der Waals surface area contributed by atoms with Crippen LogP contribution in [0.3, 0.4) is 0 Å². The van der Waals surface area contributed by atoms with Gasteiger partial charge in [-0.3, -0.25) is 0 Å². The van der Waals surface area contributed by atoms with E-state index in [9.17, 15) is 0 Å². The summed E-state index contributed by atoms with van der Waals surface area (Å²) in [5.74, 6) is 8.13. The predicted octanol–water partition coefficient (Wildman–Crippen LogP) is 15.8. The second kappa shape index (κ2) is 24.9. The highest BCUT2D eigenvalue weighted by molar-refractivity contribution is 5.32. The highest BCUT2D eigenvalue weighted by Gasteiger charge is 2.32. The molecular formula is C53H80N2. The number of unbranched alkanes of at least 4 members (excludes halogenated alkanes) is 5. The van der Waals surface area contributed by atoms with Gasteiger partial charge in [0.15, 0.2) is 0 Å². The highest BCUT2D eigenvalue weighted by Crippen LogP contribution is 2.44. The van der Waals surface area contributed by atoms with Crippen LogP contribution in [0.5, 0.6) is 0 Å². The van der Waals surface area contributed by atoms with Crippen LogP contribution in [-0.2, 0) is 12.8 Å². The van der Waals surface area contributed by atoms with Gasteiger partial charge in [0.05, 0.1) is 23.3 Å². The van der Waals surface area contributed by atoms with Gasteiger partial charge in [0.25, 0.3) is 0 Å². The van der Waals surface area contributed by atoms with Crippen molar-refractivity contribution in [3.8, 4) is 12.1 Å². The van der Waals surface area contributed by atoms with E-state index in [1.165, 1.54) is 197 Å². The van der Waals surface area contributed by atoms with Gasteiger partial charge < -0.3 is 0 Å². The molecule has 0 aromatic heterocycles. The Bertz CT molecular complexity index is 1360. The minimum absolute atomic E-state index is 0.777. The van der Waals surface area contributed by atoms with Gasteiger partial charge in [-0.15, -0.1) is 0 Å². The number of rotatable bonds is 17. The van der Waals surface area contributed by atoms with Crippen LogP contribution in [0.1, 0.15) is 209 Å². The summed E-state index contributed by atoms with van der Waals surface area (Å²) < 4.78 is 0. The molecule has 0 amide bonds. The Labute approximate surface area is 339 Å². The summed E-state index contributed by atoms with van der Waals surface area (Å²) in [6.07, 6.45) is 42.0. The first-order chi connectivity index (χ1) is 27.1. The van der Waals surface area contributed by atoms with Gasteiger partial charge in [0.2, 0.25) is 0 Å². The van der Waals surface area contributed by atoms with Crippen LogP contribution in [0.25, 0.3) is 0 Å². The Balaban J connectivity index is 0.000000211. The van der Waals surface area contributed by atoms with E-state index in [0.29, 0.717) is 0 Å². The molecule has 2 aromatic carbocycles. The maximum Gasteiger partial charge on any atom is 0.0991 e. The lowest BCUT2D eigenvalue weighted by atomic mass is 9.68. The third kappa shape index (κ3) is 15.4. The summed E-state index contributed by atoms with van der Waals surface area (Å²) in [6.45, 7) is 4.63. The summed E-state index contributed by atoms with van der Waals surface area (Å²) in [6, 6.07) is 20.9. The van der Waals surface area contributed by atoms with E-state index < -0.39 is 0 Å². The summed E-state index contributed by atoms with van der Waals surface area (Å²) >= 11 is 0. The Morgan fingerprint density at radius 3 is 0.982 bits per heavy atom. The first kappa shape index (κ1) is 43.5. The monoisotopic (exact) mass is 745 g/mol. The zero-order chi connectivity index (χ0) is 38.5. The highest BCUT2D eigenvalue weighted by atomic mass is 14.4. The van der Waals surface area contributed by atoms with E-state index in [1.54, 1.807) is 0 Å². The van der Waals surface area contributed by atoms with Crippen LogP contribution in [0.15, 0.2) is 48.5 Å². The summed E-state index contributed by atoms with van der Waals surface area (Å²) in [5, 5.41) is 17.8. The van der Waals surface area contributed by atoms with Crippen LogP contribution in [0.2, 0.25) is 0 Å². The average molecular weight is 745 g/mol. The minimum atomic E-state index is 0.777. The van der Waals surface area contributed by atoms with Crippen LogP contribution >= 0.6 is 0 Å². The molecule has 4 aliphatic carbocycles. The van der Waals surface area contributed by atoms with Gasteiger partial charge in [0.1, 0.15) is 0 Å². The number of aryl methyl sites for hydroxylation is 2. The SMILES string of the molecule is CCCCCC[C@H]1CC[C@H]([C@H]2CC[C@H](CCc3ccc(C#N)cc3)CC2)CC1.CCCCC[C@H]1CC[C@H]([C@H]2CC[C@H](CCc3ccc(C#N)cc3)CC2)CC1. The molecule has 6 rings (SSSR count). The summed E-state index contributed by atoms with van der Waals surface area (Å²) in [5.41, 5.74) is 4.36. The zero-order valence-corrected chi connectivity index (χ0v) is 35.6. The van der Waals surface area contributed by atoms with Gasteiger partial charge in [0, 0.05) is 0 Å². The van der Waals surface area contributed by atoms with E-state index >= 15 is 0 Å². The predicted molar refractivity (Wildman–Crippen MR) is 234 cm³/mol. The number of benzene rings is 2. The molecule has 0 spiro atoms. The first-order valence-corrected chi connectivity index (χ1v) is 24.0. The lowest BCUT2D eigenvalue weighted by Crippen LogP contribution is -2.26. The Morgan fingerprint density at radius 1 is 0.382 bits per heavy atom. The normalized spacial score (nSPS) is 28.3. The number of hydrogen-bond donors (Lipinski definition) is 0. The molecular weight excluding hydrogens is 665 g/mol. The van der Waals surface area contributed by atoms with Crippen molar-refractivity contribution in [1.29, 1.82) is 10.5 Å².